The lowest BCUT2D eigenvalue weighted by molar-refractivity contribution is -0.130. The topological polar surface area (TPSA) is 52.6 Å². The lowest BCUT2D eigenvalue weighted by Crippen LogP contribution is -2.35. The molecule has 0 aromatic heterocycles. The van der Waals surface area contributed by atoms with Crippen molar-refractivity contribution < 1.29 is 19.1 Å². The highest BCUT2D eigenvalue weighted by Gasteiger charge is 2.41. The lowest BCUT2D eigenvalue weighted by atomic mass is 9.60. The van der Waals surface area contributed by atoms with Crippen LogP contribution in [-0.2, 0) is 15.0 Å². The van der Waals surface area contributed by atoms with E-state index in [9.17, 15) is 9.59 Å². The van der Waals surface area contributed by atoms with E-state index in [4.69, 9.17) is 9.47 Å². The maximum Gasteiger partial charge on any atom is 0.338 e. The first-order valence-corrected chi connectivity index (χ1v) is 14.8. The van der Waals surface area contributed by atoms with Crippen molar-refractivity contribution in [1.82, 2.24) is 0 Å². The minimum Gasteiger partial charge on any atom is -0.423 e. The maximum atomic E-state index is 12.0. The molecule has 0 bridgehead atoms. The summed E-state index contributed by atoms with van der Waals surface area (Å²) in [6.07, 6.45) is 12.6. The molecule has 0 heterocycles. The highest BCUT2D eigenvalue weighted by Crippen LogP contribution is 2.50. The molecule has 39 heavy (non-hydrogen) atoms. The minimum absolute atomic E-state index is 0.130. The van der Waals surface area contributed by atoms with E-state index < -0.39 is 11.9 Å². The van der Waals surface area contributed by atoms with Gasteiger partial charge in [-0.3, -0.25) is 0 Å². The molecule has 0 atom stereocenters. The van der Waals surface area contributed by atoms with Crippen LogP contribution in [0.5, 0.6) is 11.5 Å². The monoisotopic (exact) mass is 530 g/mol. The summed E-state index contributed by atoms with van der Waals surface area (Å²) < 4.78 is 10.8. The van der Waals surface area contributed by atoms with Gasteiger partial charge in [0.2, 0.25) is 0 Å². The van der Waals surface area contributed by atoms with Crippen LogP contribution in [0, 0.1) is 17.8 Å². The summed E-state index contributed by atoms with van der Waals surface area (Å²) in [5.74, 6) is 2.74. The summed E-state index contributed by atoms with van der Waals surface area (Å²) in [5.41, 5.74) is 2.70. The molecule has 2 aromatic carbocycles. The third-order valence-electron chi connectivity index (χ3n) is 8.78. The number of carbonyl (C=O) groups is 2. The van der Waals surface area contributed by atoms with Crippen molar-refractivity contribution in [1.29, 1.82) is 0 Å². The lowest BCUT2D eigenvalue weighted by Gasteiger charge is -2.44. The van der Waals surface area contributed by atoms with Crippen molar-refractivity contribution in [2.45, 2.75) is 90.9 Å². The zero-order valence-electron chi connectivity index (χ0n) is 24.3. The van der Waals surface area contributed by atoms with Crippen molar-refractivity contribution in [2.24, 2.45) is 17.8 Å². The molecule has 4 heteroatoms. The van der Waals surface area contributed by atoms with E-state index in [1.54, 1.807) is 6.92 Å². The fourth-order valence-electron chi connectivity index (χ4n) is 6.45. The largest absolute Gasteiger partial charge is 0.423 e. The zero-order chi connectivity index (χ0) is 28.4. The van der Waals surface area contributed by atoms with Gasteiger partial charge in [-0.05, 0) is 98.6 Å². The Labute approximate surface area is 235 Å². The van der Waals surface area contributed by atoms with Crippen LogP contribution >= 0.6 is 0 Å². The van der Waals surface area contributed by atoms with Crippen LogP contribution in [-0.4, -0.2) is 11.9 Å². The smallest absolute Gasteiger partial charge is 0.338 e. The molecule has 2 fully saturated rings. The predicted molar refractivity (Wildman–Crippen MR) is 159 cm³/mol. The molecule has 0 saturated heterocycles. The molecule has 0 amide bonds. The van der Waals surface area contributed by atoms with Crippen molar-refractivity contribution >= 4 is 11.9 Å². The van der Waals surface area contributed by atoms with Gasteiger partial charge in [0.05, 0.1) is 0 Å². The molecular weight excluding hydrogens is 484 g/mol. The molecule has 0 unspecified atom stereocenters. The van der Waals surface area contributed by atoms with E-state index in [-0.39, 0.29) is 5.41 Å². The van der Waals surface area contributed by atoms with Crippen molar-refractivity contribution in [3.63, 3.8) is 0 Å². The number of ether oxygens (including phenoxy) is 2. The number of esters is 2. The van der Waals surface area contributed by atoms with Gasteiger partial charge in [-0.25, -0.2) is 9.59 Å². The second-order valence-electron chi connectivity index (χ2n) is 11.0. The number of hydrogen-bond acceptors (Lipinski definition) is 4. The SMILES string of the molecule is C=CC(=O)Oc1ccc(C2(c3ccc(OC(=O)C(=C)C)cc3)CCC(C3CCC(CC)CC3)CC2)cc1.CC. The quantitative estimate of drug-likeness (QED) is 0.194. The molecule has 0 aliphatic heterocycles. The number of carbonyl (C=O) groups excluding carboxylic acids is 2. The third kappa shape index (κ3) is 7.50. The van der Waals surface area contributed by atoms with Crippen molar-refractivity contribution in [3.8, 4) is 11.5 Å². The standard InChI is InChI=1S/C33H40O4.C2H6/c1-5-24-7-9-25(10-8-24)26-19-21-33(22-20-26,27-11-15-29(16-12-27)36-31(34)6-2)28-13-17-30(18-14-28)37-32(35)23(3)4;1-2/h6,11-18,24-26H,2-3,5,7-10,19-22H2,1,4H3;1-2H3. The summed E-state index contributed by atoms with van der Waals surface area (Å²) in [6, 6.07) is 15.9. The molecule has 210 valence electrons. The molecule has 2 saturated carbocycles. The van der Waals surface area contributed by atoms with Gasteiger partial charge in [-0.2, -0.15) is 0 Å². The van der Waals surface area contributed by atoms with Gasteiger partial charge in [0, 0.05) is 17.1 Å². The second kappa shape index (κ2) is 14.3. The van der Waals surface area contributed by atoms with Crippen LogP contribution < -0.4 is 9.47 Å². The van der Waals surface area contributed by atoms with Gasteiger partial charge in [0.15, 0.2) is 0 Å². The fraction of sp³-hybridized carbons (Fsp3) is 0.486. The van der Waals surface area contributed by atoms with E-state index in [1.807, 2.05) is 38.1 Å². The van der Waals surface area contributed by atoms with Crippen LogP contribution in [0.4, 0.5) is 0 Å². The van der Waals surface area contributed by atoms with Gasteiger partial charge in [-0.1, -0.05) is 77.5 Å². The summed E-state index contributed by atoms with van der Waals surface area (Å²) in [5, 5.41) is 0. The minimum atomic E-state index is -0.458. The molecule has 4 rings (SSSR count). The molecule has 2 aliphatic carbocycles. The van der Waals surface area contributed by atoms with Gasteiger partial charge >= 0.3 is 11.9 Å². The molecule has 0 spiro atoms. The second-order valence-corrected chi connectivity index (χ2v) is 11.0. The fourth-order valence-corrected chi connectivity index (χ4v) is 6.45. The van der Waals surface area contributed by atoms with Gasteiger partial charge in [-0.15, -0.1) is 0 Å². The molecule has 2 aliphatic rings. The van der Waals surface area contributed by atoms with Crippen LogP contribution in [0.25, 0.3) is 0 Å². The van der Waals surface area contributed by atoms with E-state index >= 15 is 0 Å². The number of hydrogen-bond donors (Lipinski definition) is 0. The van der Waals surface area contributed by atoms with E-state index in [0.29, 0.717) is 17.1 Å². The Hall–Kier alpha value is -3.14. The van der Waals surface area contributed by atoms with Crippen LogP contribution in [0.2, 0.25) is 0 Å². The Balaban J connectivity index is 0.00000205. The Bertz CT molecular complexity index is 1100. The normalized spacial score (nSPS) is 24.5. The highest BCUT2D eigenvalue weighted by molar-refractivity contribution is 5.88. The van der Waals surface area contributed by atoms with E-state index in [1.165, 1.54) is 62.1 Å². The molecular formula is C35H46O4. The van der Waals surface area contributed by atoms with Crippen LogP contribution in [0.3, 0.4) is 0 Å². The van der Waals surface area contributed by atoms with Gasteiger partial charge in [0.25, 0.3) is 0 Å². The summed E-state index contributed by atoms with van der Waals surface area (Å²) >= 11 is 0. The Morgan fingerprint density at radius 1 is 0.821 bits per heavy atom. The first-order valence-electron chi connectivity index (χ1n) is 14.8. The first-order chi connectivity index (χ1) is 18.8. The highest BCUT2D eigenvalue weighted by atomic mass is 16.5. The van der Waals surface area contributed by atoms with Crippen LogP contribution in [0.1, 0.15) is 96.6 Å². The van der Waals surface area contributed by atoms with Gasteiger partial charge in [0.1, 0.15) is 11.5 Å². The Morgan fingerprint density at radius 3 is 1.72 bits per heavy atom. The van der Waals surface area contributed by atoms with E-state index in [2.05, 4.69) is 44.3 Å². The predicted octanol–water partition coefficient (Wildman–Crippen LogP) is 8.98. The third-order valence-corrected chi connectivity index (χ3v) is 8.78. The van der Waals surface area contributed by atoms with Crippen molar-refractivity contribution in [2.75, 3.05) is 0 Å². The summed E-state index contributed by atoms with van der Waals surface area (Å²) in [7, 11) is 0. The molecule has 0 radical (unpaired) electrons. The molecule has 2 aromatic rings. The Morgan fingerprint density at radius 2 is 1.28 bits per heavy atom. The van der Waals surface area contributed by atoms with E-state index in [0.717, 1.165) is 30.6 Å². The van der Waals surface area contributed by atoms with Crippen molar-refractivity contribution in [3.05, 3.63) is 84.5 Å². The number of benzene rings is 2. The first kappa shape index (κ1) is 30.4. The average molecular weight is 531 g/mol. The summed E-state index contributed by atoms with van der Waals surface area (Å²) in [4.78, 5) is 23.6. The maximum absolute atomic E-state index is 12.0. The number of rotatable bonds is 8. The summed E-state index contributed by atoms with van der Waals surface area (Å²) in [6.45, 7) is 15.1. The van der Waals surface area contributed by atoms with Gasteiger partial charge < -0.3 is 9.47 Å². The molecule has 0 N–H and O–H groups in total. The Kier molecular flexibility index (Phi) is 11.2. The van der Waals surface area contributed by atoms with Crippen LogP contribution in [0.15, 0.2) is 73.3 Å². The molecule has 4 nitrogen and oxygen atoms in total. The zero-order valence-corrected chi connectivity index (χ0v) is 24.3. The average Bonchev–Trinajstić information content (AvgIpc) is 2.99.